The molecule has 0 bridgehead atoms. The van der Waals surface area contributed by atoms with Gasteiger partial charge in [-0.1, -0.05) is 32.0 Å². The molecule has 0 spiro atoms. The third-order valence-electron chi connectivity index (χ3n) is 6.92. The van der Waals surface area contributed by atoms with Crippen LogP contribution in [0.4, 0.5) is 5.69 Å². The van der Waals surface area contributed by atoms with Crippen LogP contribution in [0.3, 0.4) is 0 Å². The molecule has 0 radical (unpaired) electrons. The lowest BCUT2D eigenvalue weighted by Crippen LogP contribution is -2.31. The van der Waals surface area contributed by atoms with E-state index in [1.165, 1.54) is 22.3 Å². The van der Waals surface area contributed by atoms with Crippen LogP contribution < -0.4 is 4.90 Å². The molecule has 170 valence electrons. The van der Waals surface area contributed by atoms with Crippen molar-refractivity contribution >= 4 is 16.6 Å². The smallest absolute Gasteiger partial charge is 0.0938 e. The zero-order chi connectivity index (χ0) is 21.9. The molecule has 2 aliphatic heterocycles. The number of pyridine rings is 1. The third kappa shape index (κ3) is 4.52. The lowest BCUT2D eigenvalue weighted by Gasteiger charge is -2.28. The Hall–Kier alpha value is -2.44. The molecule has 2 saturated heterocycles. The van der Waals surface area contributed by atoms with Gasteiger partial charge in [0.25, 0.3) is 0 Å². The van der Waals surface area contributed by atoms with E-state index >= 15 is 0 Å². The van der Waals surface area contributed by atoms with Gasteiger partial charge in [0.1, 0.15) is 0 Å². The van der Waals surface area contributed by atoms with E-state index < -0.39 is 0 Å². The molecule has 32 heavy (non-hydrogen) atoms. The van der Waals surface area contributed by atoms with Gasteiger partial charge in [-0.15, -0.1) is 0 Å². The summed E-state index contributed by atoms with van der Waals surface area (Å²) in [4.78, 5) is 9.92. The van der Waals surface area contributed by atoms with Gasteiger partial charge in [-0.2, -0.15) is 5.10 Å². The monoisotopic (exact) mass is 433 g/mol. The molecule has 0 aliphatic carbocycles. The van der Waals surface area contributed by atoms with E-state index in [4.69, 9.17) is 14.8 Å². The van der Waals surface area contributed by atoms with Crippen LogP contribution in [0.25, 0.3) is 10.9 Å². The first-order chi connectivity index (χ1) is 15.7. The lowest BCUT2D eigenvalue weighted by atomic mass is 9.97. The molecular formula is C26H35N5O. The fourth-order valence-corrected chi connectivity index (χ4v) is 5.14. The summed E-state index contributed by atoms with van der Waals surface area (Å²) >= 11 is 0. The fourth-order valence-electron chi connectivity index (χ4n) is 5.14. The van der Waals surface area contributed by atoms with E-state index in [0.717, 1.165) is 70.7 Å². The molecule has 0 atom stereocenters. The summed E-state index contributed by atoms with van der Waals surface area (Å²) < 4.78 is 7.67. The second-order valence-corrected chi connectivity index (χ2v) is 9.48. The fraction of sp³-hybridized carbons (Fsp3) is 0.538. The highest BCUT2D eigenvalue weighted by Gasteiger charge is 2.22. The number of anilines is 1. The Morgan fingerprint density at radius 3 is 2.75 bits per heavy atom. The highest BCUT2D eigenvalue weighted by Crippen LogP contribution is 2.34. The lowest BCUT2D eigenvalue weighted by molar-refractivity contribution is 0.0660. The van der Waals surface area contributed by atoms with E-state index in [1.54, 1.807) is 0 Å². The van der Waals surface area contributed by atoms with Gasteiger partial charge >= 0.3 is 0 Å². The minimum absolute atomic E-state index is 0.477. The molecule has 0 unspecified atom stereocenters. The van der Waals surface area contributed by atoms with Crippen molar-refractivity contribution in [1.29, 1.82) is 0 Å². The molecule has 0 saturated carbocycles. The zero-order valence-electron chi connectivity index (χ0n) is 19.4. The standard InChI is InChI=1S/C26H35N5O/c1-20(2)24-7-6-21-5-3-11-27-25(21)26(24)30-13-4-12-29(15-16-30)19-22-8-14-31(28-22)23-9-17-32-18-10-23/h3,5-8,11,14,20,23H,4,9-10,12-13,15-19H2,1-2H3. The molecular weight excluding hydrogens is 398 g/mol. The van der Waals surface area contributed by atoms with E-state index in [-0.39, 0.29) is 0 Å². The summed E-state index contributed by atoms with van der Waals surface area (Å²) in [6.07, 6.45) is 7.37. The van der Waals surface area contributed by atoms with Crippen molar-refractivity contribution in [2.75, 3.05) is 44.3 Å². The van der Waals surface area contributed by atoms with Crippen molar-refractivity contribution in [2.24, 2.45) is 0 Å². The minimum Gasteiger partial charge on any atom is -0.381 e. The summed E-state index contributed by atoms with van der Waals surface area (Å²) in [5.74, 6) is 0.477. The van der Waals surface area contributed by atoms with Crippen LogP contribution in [-0.4, -0.2) is 59.1 Å². The van der Waals surface area contributed by atoms with Gasteiger partial charge < -0.3 is 9.64 Å². The number of benzene rings is 1. The summed E-state index contributed by atoms with van der Waals surface area (Å²) in [7, 11) is 0. The van der Waals surface area contributed by atoms with Crippen molar-refractivity contribution in [3.05, 3.63) is 54.0 Å². The Labute approximate surface area is 191 Å². The maximum Gasteiger partial charge on any atom is 0.0938 e. The quantitative estimate of drug-likeness (QED) is 0.588. The molecule has 0 N–H and O–H groups in total. The number of aromatic nitrogens is 3. The second-order valence-electron chi connectivity index (χ2n) is 9.48. The van der Waals surface area contributed by atoms with E-state index in [1.807, 2.05) is 12.3 Å². The molecule has 1 aromatic carbocycles. The molecule has 6 heteroatoms. The highest BCUT2D eigenvalue weighted by atomic mass is 16.5. The third-order valence-corrected chi connectivity index (χ3v) is 6.92. The average molecular weight is 434 g/mol. The first kappa shape index (κ1) is 21.4. The van der Waals surface area contributed by atoms with Crippen molar-refractivity contribution in [3.63, 3.8) is 0 Å². The molecule has 2 aliphatic rings. The van der Waals surface area contributed by atoms with Crippen LogP contribution in [0.1, 0.15) is 56.3 Å². The van der Waals surface area contributed by atoms with Crippen LogP contribution in [0.15, 0.2) is 42.7 Å². The van der Waals surface area contributed by atoms with Gasteiger partial charge in [0, 0.05) is 63.7 Å². The highest BCUT2D eigenvalue weighted by molar-refractivity contribution is 5.93. The number of fused-ring (bicyclic) bond motifs is 1. The van der Waals surface area contributed by atoms with Gasteiger partial charge in [-0.25, -0.2) is 0 Å². The number of ether oxygens (including phenoxy) is 1. The maximum atomic E-state index is 5.50. The molecule has 4 heterocycles. The summed E-state index contributed by atoms with van der Waals surface area (Å²) in [6.45, 7) is 11.4. The Morgan fingerprint density at radius 2 is 1.91 bits per heavy atom. The Bertz CT molecular complexity index is 1040. The largest absolute Gasteiger partial charge is 0.381 e. The zero-order valence-corrected chi connectivity index (χ0v) is 19.4. The Morgan fingerprint density at radius 1 is 1.03 bits per heavy atom. The first-order valence-corrected chi connectivity index (χ1v) is 12.2. The van der Waals surface area contributed by atoms with Crippen LogP contribution in [-0.2, 0) is 11.3 Å². The van der Waals surface area contributed by atoms with Gasteiger partial charge in [-0.3, -0.25) is 14.6 Å². The summed E-state index contributed by atoms with van der Waals surface area (Å²) in [5, 5.41) is 6.14. The molecule has 0 amide bonds. The molecule has 2 fully saturated rings. The van der Waals surface area contributed by atoms with Gasteiger partial charge in [-0.05, 0) is 42.9 Å². The predicted molar refractivity (Wildman–Crippen MR) is 129 cm³/mol. The minimum atomic E-state index is 0.477. The van der Waals surface area contributed by atoms with Crippen molar-refractivity contribution in [1.82, 2.24) is 19.7 Å². The van der Waals surface area contributed by atoms with Crippen molar-refractivity contribution in [3.8, 4) is 0 Å². The number of hydrogen-bond donors (Lipinski definition) is 0. The average Bonchev–Trinajstić information content (AvgIpc) is 3.17. The van der Waals surface area contributed by atoms with Crippen molar-refractivity contribution < 1.29 is 4.74 Å². The van der Waals surface area contributed by atoms with E-state index in [0.29, 0.717) is 12.0 Å². The van der Waals surface area contributed by atoms with Crippen molar-refractivity contribution in [2.45, 2.75) is 51.6 Å². The van der Waals surface area contributed by atoms with E-state index in [2.05, 4.69) is 58.8 Å². The Balaban J connectivity index is 1.30. The molecule has 6 nitrogen and oxygen atoms in total. The topological polar surface area (TPSA) is 46.4 Å². The van der Waals surface area contributed by atoms with Gasteiger partial charge in [0.2, 0.25) is 0 Å². The Kier molecular flexibility index (Phi) is 6.42. The van der Waals surface area contributed by atoms with Gasteiger partial charge in [0.15, 0.2) is 0 Å². The van der Waals surface area contributed by atoms with Crippen LogP contribution >= 0.6 is 0 Å². The van der Waals surface area contributed by atoms with Crippen LogP contribution in [0, 0.1) is 0 Å². The molecule has 3 aromatic rings. The van der Waals surface area contributed by atoms with Crippen LogP contribution in [0.5, 0.6) is 0 Å². The summed E-state index contributed by atoms with van der Waals surface area (Å²) in [5.41, 5.74) is 5.06. The first-order valence-electron chi connectivity index (χ1n) is 12.2. The molecule has 5 rings (SSSR count). The number of nitrogens with zero attached hydrogens (tertiary/aromatic N) is 5. The normalized spacial score (nSPS) is 19.0. The van der Waals surface area contributed by atoms with Crippen LogP contribution in [0.2, 0.25) is 0 Å². The van der Waals surface area contributed by atoms with Gasteiger partial charge in [0.05, 0.1) is 22.9 Å². The number of rotatable bonds is 5. The SMILES string of the molecule is CC(C)c1ccc2cccnc2c1N1CCCN(Cc2ccn(C3CCOCC3)n2)CC1. The second kappa shape index (κ2) is 9.59. The predicted octanol–water partition coefficient (Wildman–Crippen LogP) is 4.62. The maximum absolute atomic E-state index is 5.50. The van der Waals surface area contributed by atoms with E-state index in [9.17, 15) is 0 Å². The number of hydrogen-bond acceptors (Lipinski definition) is 5. The summed E-state index contributed by atoms with van der Waals surface area (Å²) in [6, 6.07) is 11.4. The molecule has 2 aromatic heterocycles.